The third kappa shape index (κ3) is 4.06. The van der Waals surface area contributed by atoms with Crippen LogP contribution in [0.15, 0.2) is 18.2 Å². The molecule has 1 heterocycles. The van der Waals surface area contributed by atoms with Gasteiger partial charge in [-0.1, -0.05) is 6.07 Å². The monoisotopic (exact) mass is 325 g/mol. The van der Waals surface area contributed by atoms with Gasteiger partial charge in [0.05, 0.1) is 6.42 Å². The Morgan fingerprint density at radius 2 is 1.91 bits per heavy atom. The molecule has 0 radical (unpaired) electrons. The molecule has 1 aromatic carbocycles. The first-order valence-corrected chi connectivity index (χ1v) is 7.56. The van der Waals surface area contributed by atoms with Crippen molar-refractivity contribution >= 4 is 11.9 Å². The molecule has 1 fully saturated rings. The minimum Gasteiger partial charge on any atom is -0.460 e. The number of hydrogen-bond acceptors (Lipinski definition) is 3. The Balaban J connectivity index is 2.38. The highest BCUT2D eigenvalue weighted by Gasteiger charge is 2.43. The Morgan fingerprint density at radius 1 is 1.30 bits per heavy atom. The molecule has 0 aliphatic carbocycles. The van der Waals surface area contributed by atoms with Crippen LogP contribution in [-0.2, 0) is 19.7 Å². The normalized spacial score (nSPS) is 21.7. The molecule has 6 heteroatoms. The molecule has 1 unspecified atom stereocenters. The van der Waals surface area contributed by atoms with E-state index < -0.39 is 28.6 Å². The fourth-order valence-electron chi connectivity index (χ4n) is 2.91. The summed E-state index contributed by atoms with van der Waals surface area (Å²) in [6.45, 7) is 5.18. The van der Waals surface area contributed by atoms with Crippen molar-refractivity contribution in [3.8, 4) is 0 Å². The van der Waals surface area contributed by atoms with E-state index in [1.807, 2.05) is 0 Å². The average Bonchev–Trinajstić information content (AvgIpc) is 2.39. The molecule has 4 nitrogen and oxygen atoms in total. The number of piperidine rings is 1. The minimum atomic E-state index is -1.13. The van der Waals surface area contributed by atoms with Crippen molar-refractivity contribution in [3.63, 3.8) is 0 Å². The third-order valence-corrected chi connectivity index (χ3v) is 3.85. The van der Waals surface area contributed by atoms with Crippen molar-refractivity contribution in [2.24, 2.45) is 0 Å². The van der Waals surface area contributed by atoms with Gasteiger partial charge in [-0.05, 0) is 39.3 Å². The van der Waals surface area contributed by atoms with Crippen LogP contribution in [0.25, 0.3) is 0 Å². The van der Waals surface area contributed by atoms with Crippen LogP contribution in [0.1, 0.15) is 45.6 Å². The summed E-state index contributed by atoms with van der Waals surface area (Å²) in [5, 5.41) is 2.61. The highest BCUT2D eigenvalue weighted by Crippen LogP contribution is 2.38. The second-order valence-corrected chi connectivity index (χ2v) is 6.92. The molecule has 1 N–H and O–H groups in total. The summed E-state index contributed by atoms with van der Waals surface area (Å²) in [4.78, 5) is 23.7. The van der Waals surface area contributed by atoms with Crippen molar-refractivity contribution in [1.82, 2.24) is 5.32 Å². The molecule has 1 aromatic rings. The molecule has 1 saturated heterocycles. The number of carbonyl (C=O) groups excluding carboxylic acids is 2. The maximum atomic E-state index is 14.3. The molecule has 1 aliphatic rings. The Hall–Kier alpha value is -1.98. The smallest absolute Gasteiger partial charge is 0.307 e. The maximum absolute atomic E-state index is 14.3. The van der Waals surface area contributed by atoms with E-state index in [1.165, 1.54) is 6.07 Å². The topological polar surface area (TPSA) is 55.4 Å². The molecule has 1 atom stereocenters. The van der Waals surface area contributed by atoms with Crippen LogP contribution in [0, 0.1) is 11.6 Å². The number of halogens is 2. The predicted octanol–water partition coefficient (Wildman–Crippen LogP) is 2.84. The lowest BCUT2D eigenvalue weighted by atomic mass is 9.71. The molecule has 0 bridgehead atoms. The summed E-state index contributed by atoms with van der Waals surface area (Å²) in [5.41, 5.74) is -1.99. The van der Waals surface area contributed by atoms with Gasteiger partial charge in [-0.25, -0.2) is 8.78 Å². The second-order valence-electron chi connectivity index (χ2n) is 6.92. The second kappa shape index (κ2) is 6.26. The highest BCUT2D eigenvalue weighted by molar-refractivity contribution is 5.79. The van der Waals surface area contributed by atoms with Gasteiger partial charge >= 0.3 is 5.97 Å². The SMILES string of the molecule is CC(C)(C)OC(=O)CC1(c2c(F)cccc2F)CCC(=O)NC1. The number of nitrogens with one attached hydrogen (secondary N) is 1. The first-order valence-electron chi connectivity index (χ1n) is 7.56. The number of esters is 1. The van der Waals surface area contributed by atoms with Crippen LogP contribution >= 0.6 is 0 Å². The van der Waals surface area contributed by atoms with E-state index in [9.17, 15) is 18.4 Å². The van der Waals surface area contributed by atoms with Gasteiger partial charge in [-0.15, -0.1) is 0 Å². The lowest BCUT2D eigenvalue weighted by molar-refractivity contribution is -0.157. The fraction of sp³-hybridized carbons (Fsp3) is 0.529. The zero-order valence-electron chi connectivity index (χ0n) is 13.5. The van der Waals surface area contributed by atoms with Crippen LogP contribution in [0.3, 0.4) is 0 Å². The zero-order valence-corrected chi connectivity index (χ0v) is 13.5. The van der Waals surface area contributed by atoms with Gasteiger partial charge < -0.3 is 10.1 Å². The number of ether oxygens (including phenoxy) is 1. The first kappa shape index (κ1) is 17.4. The molecule has 23 heavy (non-hydrogen) atoms. The fourth-order valence-corrected chi connectivity index (χ4v) is 2.91. The first-order chi connectivity index (χ1) is 10.6. The van der Waals surface area contributed by atoms with Crippen LogP contribution < -0.4 is 5.32 Å². The van der Waals surface area contributed by atoms with E-state index in [4.69, 9.17) is 4.74 Å². The molecule has 2 rings (SSSR count). The van der Waals surface area contributed by atoms with Crippen LogP contribution in [0.5, 0.6) is 0 Å². The lowest BCUT2D eigenvalue weighted by Crippen LogP contribution is -2.49. The molecular formula is C17H21F2NO3. The summed E-state index contributed by atoms with van der Waals surface area (Å²) < 4.78 is 33.8. The number of rotatable bonds is 3. The number of hydrogen-bond donors (Lipinski definition) is 1. The van der Waals surface area contributed by atoms with Gasteiger partial charge in [0.25, 0.3) is 0 Å². The average molecular weight is 325 g/mol. The Morgan fingerprint density at radius 3 is 2.39 bits per heavy atom. The van der Waals surface area contributed by atoms with Crippen LogP contribution in [-0.4, -0.2) is 24.0 Å². The largest absolute Gasteiger partial charge is 0.460 e. The van der Waals surface area contributed by atoms with Gasteiger partial charge in [-0.2, -0.15) is 0 Å². The van der Waals surface area contributed by atoms with E-state index in [-0.39, 0.29) is 37.3 Å². The van der Waals surface area contributed by atoms with Gasteiger partial charge in [0.1, 0.15) is 17.2 Å². The van der Waals surface area contributed by atoms with Gasteiger partial charge in [-0.3, -0.25) is 9.59 Å². The van der Waals surface area contributed by atoms with E-state index in [1.54, 1.807) is 20.8 Å². The minimum absolute atomic E-state index is 0.00291. The van der Waals surface area contributed by atoms with Crippen molar-refractivity contribution < 1.29 is 23.1 Å². The van der Waals surface area contributed by atoms with E-state index in [0.717, 1.165) is 12.1 Å². The van der Waals surface area contributed by atoms with Crippen molar-refractivity contribution in [2.75, 3.05) is 6.54 Å². The highest BCUT2D eigenvalue weighted by atomic mass is 19.1. The van der Waals surface area contributed by atoms with Gasteiger partial charge in [0.2, 0.25) is 5.91 Å². The van der Waals surface area contributed by atoms with E-state index >= 15 is 0 Å². The van der Waals surface area contributed by atoms with Crippen LogP contribution in [0.2, 0.25) is 0 Å². The summed E-state index contributed by atoms with van der Waals surface area (Å²) >= 11 is 0. The number of carbonyl (C=O) groups is 2. The molecule has 1 aliphatic heterocycles. The summed E-state index contributed by atoms with van der Waals surface area (Å²) in [6, 6.07) is 3.59. The van der Waals surface area contributed by atoms with Crippen molar-refractivity contribution in [2.45, 2.75) is 51.0 Å². The predicted molar refractivity (Wildman–Crippen MR) is 80.7 cm³/mol. The van der Waals surface area contributed by atoms with Gasteiger partial charge in [0.15, 0.2) is 0 Å². The Labute approximate surface area is 134 Å². The summed E-state index contributed by atoms with van der Waals surface area (Å²) in [5.74, 6) is -2.17. The molecule has 0 saturated carbocycles. The zero-order chi connectivity index (χ0) is 17.3. The molecule has 0 spiro atoms. The van der Waals surface area contributed by atoms with Crippen molar-refractivity contribution in [1.29, 1.82) is 0 Å². The summed E-state index contributed by atoms with van der Waals surface area (Å²) in [7, 11) is 0. The molecule has 1 amide bonds. The standard InChI is InChI=1S/C17H21F2NO3/c1-16(2,3)23-14(22)9-17(8-7-13(21)20-10-17)15-11(18)5-4-6-12(15)19/h4-6H,7-10H2,1-3H3,(H,20,21). The van der Waals surface area contributed by atoms with Crippen molar-refractivity contribution in [3.05, 3.63) is 35.4 Å². The van der Waals surface area contributed by atoms with Crippen LogP contribution in [0.4, 0.5) is 8.78 Å². The number of benzene rings is 1. The van der Waals surface area contributed by atoms with Gasteiger partial charge in [0, 0.05) is 23.9 Å². The quantitative estimate of drug-likeness (QED) is 0.870. The lowest BCUT2D eigenvalue weighted by Gasteiger charge is -2.38. The summed E-state index contributed by atoms with van der Waals surface area (Å²) in [6.07, 6.45) is 0.106. The van der Waals surface area contributed by atoms with E-state index in [2.05, 4.69) is 5.32 Å². The van der Waals surface area contributed by atoms with E-state index in [0.29, 0.717) is 0 Å². The maximum Gasteiger partial charge on any atom is 0.307 e. The number of amides is 1. The Bertz CT molecular complexity index is 593. The molecular weight excluding hydrogens is 304 g/mol. The third-order valence-electron chi connectivity index (χ3n) is 3.85. The Kier molecular flexibility index (Phi) is 4.73. The molecule has 126 valence electrons. The molecule has 0 aromatic heterocycles.